The highest BCUT2D eigenvalue weighted by Gasteiger charge is 2.14. The topological polar surface area (TPSA) is 72.2 Å². The van der Waals surface area contributed by atoms with E-state index >= 15 is 0 Å². The Labute approximate surface area is 117 Å². The molecule has 2 aromatic rings. The number of sulfonamides is 1. The number of hydrogen-bond acceptors (Lipinski definition) is 3. The Hall–Kier alpha value is -2.08. The van der Waals surface area contributed by atoms with Crippen LogP contribution in [-0.4, -0.2) is 8.42 Å². The number of aryl methyl sites for hydroxylation is 1. The van der Waals surface area contributed by atoms with Gasteiger partial charge < -0.3 is 5.73 Å². The molecule has 0 radical (unpaired) electrons. The van der Waals surface area contributed by atoms with Gasteiger partial charge in [-0.05, 0) is 42.3 Å². The van der Waals surface area contributed by atoms with Gasteiger partial charge in [0.1, 0.15) is 5.82 Å². The van der Waals surface area contributed by atoms with Gasteiger partial charge in [-0.1, -0.05) is 18.2 Å². The molecule has 106 valence electrons. The molecule has 0 heterocycles. The average Bonchev–Trinajstić information content (AvgIpc) is 2.35. The molecule has 0 saturated carbocycles. The van der Waals surface area contributed by atoms with Gasteiger partial charge in [0, 0.05) is 5.69 Å². The fraction of sp³-hybridized carbons (Fsp3) is 0.143. The average molecular weight is 294 g/mol. The molecule has 0 unspecified atom stereocenters. The van der Waals surface area contributed by atoms with Crippen LogP contribution in [0.3, 0.4) is 0 Å². The molecule has 20 heavy (non-hydrogen) atoms. The Morgan fingerprint density at radius 1 is 1.15 bits per heavy atom. The van der Waals surface area contributed by atoms with Crippen LogP contribution in [0.5, 0.6) is 0 Å². The second-order valence-electron chi connectivity index (χ2n) is 4.59. The van der Waals surface area contributed by atoms with Crippen molar-refractivity contribution in [1.29, 1.82) is 0 Å². The third-order valence-corrected chi connectivity index (χ3v) is 3.97. The fourth-order valence-electron chi connectivity index (χ4n) is 1.74. The Balaban J connectivity index is 2.17. The summed E-state index contributed by atoms with van der Waals surface area (Å²) in [5.41, 5.74) is 7.35. The summed E-state index contributed by atoms with van der Waals surface area (Å²) in [6.45, 7) is 1.73. The quantitative estimate of drug-likeness (QED) is 0.851. The summed E-state index contributed by atoms with van der Waals surface area (Å²) >= 11 is 0. The number of nitrogens with one attached hydrogen (secondary N) is 1. The van der Waals surface area contributed by atoms with E-state index in [0.29, 0.717) is 11.3 Å². The molecule has 0 fully saturated rings. The van der Waals surface area contributed by atoms with E-state index in [1.165, 1.54) is 12.1 Å². The van der Waals surface area contributed by atoms with Gasteiger partial charge in [-0.15, -0.1) is 0 Å². The third kappa shape index (κ3) is 3.71. The van der Waals surface area contributed by atoms with E-state index in [2.05, 4.69) is 4.72 Å². The van der Waals surface area contributed by atoms with Crippen LogP contribution >= 0.6 is 0 Å². The Kier molecular flexibility index (Phi) is 3.94. The van der Waals surface area contributed by atoms with Crippen molar-refractivity contribution in [3.8, 4) is 0 Å². The van der Waals surface area contributed by atoms with Crippen molar-refractivity contribution in [3.63, 3.8) is 0 Å². The number of halogens is 1. The first-order valence-electron chi connectivity index (χ1n) is 5.97. The highest BCUT2D eigenvalue weighted by molar-refractivity contribution is 7.91. The first-order valence-corrected chi connectivity index (χ1v) is 7.62. The molecule has 3 N–H and O–H groups in total. The SMILES string of the molecule is Cc1ccc(NS(=O)(=O)Cc2ccc(N)cc2)c(F)c1. The summed E-state index contributed by atoms with van der Waals surface area (Å²) in [4.78, 5) is 0. The lowest BCUT2D eigenvalue weighted by molar-refractivity contribution is 0.597. The summed E-state index contributed by atoms with van der Waals surface area (Å²) < 4.78 is 39.8. The second-order valence-corrected chi connectivity index (χ2v) is 6.31. The summed E-state index contributed by atoms with van der Waals surface area (Å²) in [6, 6.07) is 10.8. The van der Waals surface area contributed by atoms with E-state index in [1.807, 2.05) is 0 Å². The molecule has 0 aliphatic carbocycles. The lowest BCUT2D eigenvalue weighted by atomic mass is 10.2. The third-order valence-electron chi connectivity index (χ3n) is 2.73. The summed E-state index contributed by atoms with van der Waals surface area (Å²) in [5, 5.41) is 0. The van der Waals surface area contributed by atoms with Crippen molar-refractivity contribution in [3.05, 3.63) is 59.4 Å². The molecule has 0 spiro atoms. The summed E-state index contributed by atoms with van der Waals surface area (Å²) in [7, 11) is -3.67. The van der Waals surface area contributed by atoms with Crippen LogP contribution in [-0.2, 0) is 15.8 Å². The van der Waals surface area contributed by atoms with E-state index in [9.17, 15) is 12.8 Å². The smallest absolute Gasteiger partial charge is 0.237 e. The predicted molar refractivity (Wildman–Crippen MR) is 78.2 cm³/mol. The normalized spacial score (nSPS) is 11.3. The molecule has 0 amide bonds. The molecule has 0 saturated heterocycles. The highest BCUT2D eigenvalue weighted by atomic mass is 32.2. The van der Waals surface area contributed by atoms with Crippen molar-refractivity contribution in [2.45, 2.75) is 12.7 Å². The van der Waals surface area contributed by atoms with Crippen LogP contribution in [0.1, 0.15) is 11.1 Å². The van der Waals surface area contributed by atoms with Crippen LogP contribution in [0, 0.1) is 12.7 Å². The lowest BCUT2D eigenvalue weighted by Gasteiger charge is -2.09. The molecule has 0 aromatic heterocycles. The van der Waals surface area contributed by atoms with Gasteiger partial charge in [-0.3, -0.25) is 4.72 Å². The monoisotopic (exact) mass is 294 g/mol. The maximum atomic E-state index is 13.6. The van der Waals surface area contributed by atoms with E-state index in [-0.39, 0.29) is 11.4 Å². The lowest BCUT2D eigenvalue weighted by Crippen LogP contribution is -2.16. The zero-order valence-electron chi connectivity index (χ0n) is 10.9. The van der Waals surface area contributed by atoms with Gasteiger partial charge in [0.2, 0.25) is 10.0 Å². The number of rotatable bonds is 4. The van der Waals surface area contributed by atoms with Crippen LogP contribution in [0.4, 0.5) is 15.8 Å². The minimum atomic E-state index is -3.67. The molecule has 2 aromatic carbocycles. The van der Waals surface area contributed by atoms with Crippen molar-refractivity contribution in [1.82, 2.24) is 0 Å². The van der Waals surface area contributed by atoms with E-state index in [1.54, 1.807) is 37.3 Å². The van der Waals surface area contributed by atoms with Gasteiger partial charge in [0.25, 0.3) is 0 Å². The molecule has 0 bridgehead atoms. The van der Waals surface area contributed by atoms with Gasteiger partial charge in [-0.2, -0.15) is 0 Å². The van der Waals surface area contributed by atoms with Gasteiger partial charge in [0.05, 0.1) is 11.4 Å². The van der Waals surface area contributed by atoms with Crippen molar-refractivity contribution in [2.75, 3.05) is 10.5 Å². The zero-order valence-corrected chi connectivity index (χ0v) is 11.7. The van der Waals surface area contributed by atoms with Crippen LogP contribution in [0.2, 0.25) is 0 Å². The summed E-state index contributed by atoms with van der Waals surface area (Å²) in [6.07, 6.45) is 0. The minimum absolute atomic E-state index is 0.0500. The predicted octanol–water partition coefficient (Wildman–Crippen LogP) is 2.66. The molecule has 4 nitrogen and oxygen atoms in total. The molecule has 0 aliphatic heterocycles. The number of nitrogens with two attached hydrogens (primary N) is 1. The first kappa shape index (κ1) is 14.3. The fourth-order valence-corrected chi connectivity index (χ4v) is 2.94. The highest BCUT2D eigenvalue weighted by Crippen LogP contribution is 2.18. The van der Waals surface area contributed by atoms with Crippen molar-refractivity contribution >= 4 is 21.4 Å². The molecular weight excluding hydrogens is 279 g/mol. The maximum Gasteiger partial charge on any atom is 0.237 e. The summed E-state index contributed by atoms with van der Waals surface area (Å²) in [5.74, 6) is -0.827. The molecular formula is C14H15FN2O2S. The Bertz CT molecular complexity index is 712. The molecule has 2 rings (SSSR count). The van der Waals surface area contributed by atoms with Crippen molar-refractivity contribution in [2.24, 2.45) is 0 Å². The van der Waals surface area contributed by atoms with Gasteiger partial charge in [-0.25, -0.2) is 12.8 Å². The minimum Gasteiger partial charge on any atom is -0.399 e. The second kappa shape index (κ2) is 5.50. The zero-order chi connectivity index (χ0) is 14.8. The Morgan fingerprint density at radius 3 is 2.40 bits per heavy atom. The molecule has 6 heteroatoms. The van der Waals surface area contributed by atoms with Crippen LogP contribution < -0.4 is 10.5 Å². The van der Waals surface area contributed by atoms with E-state index in [4.69, 9.17) is 5.73 Å². The van der Waals surface area contributed by atoms with Crippen LogP contribution in [0.25, 0.3) is 0 Å². The van der Waals surface area contributed by atoms with Crippen molar-refractivity contribution < 1.29 is 12.8 Å². The molecule has 0 aliphatic rings. The number of nitrogen functional groups attached to an aromatic ring is 1. The maximum absolute atomic E-state index is 13.6. The largest absolute Gasteiger partial charge is 0.399 e. The number of anilines is 2. The molecule has 0 atom stereocenters. The van der Waals surface area contributed by atoms with Crippen LogP contribution in [0.15, 0.2) is 42.5 Å². The van der Waals surface area contributed by atoms with Gasteiger partial charge >= 0.3 is 0 Å². The standard InChI is InChI=1S/C14H15FN2O2S/c1-10-2-7-14(13(15)8-10)17-20(18,19)9-11-3-5-12(16)6-4-11/h2-8,17H,9,16H2,1H3. The van der Waals surface area contributed by atoms with E-state index in [0.717, 1.165) is 5.56 Å². The first-order chi connectivity index (χ1) is 9.35. The number of benzene rings is 2. The van der Waals surface area contributed by atoms with E-state index < -0.39 is 15.8 Å². The van der Waals surface area contributed by atoms with Gasteiger partial charge in [0.15, 0.2) is 0 Å². The Morgan fingerprint density at radius 2 is 1.80 bits per heavy atom. The number of hydrogen-bond donors (Lipinski definition) is 2.